The smallest absolute Gasteiger partial charge is 0.233 e. The molecule has 0 aliphatic heterocycles. The summed E-state index contributed by atoms with van der Waals surface area (Å²) >= 11 is 1.61. The molecule has 0 saturated carbocycles. The number of benzene rings is 2. The van der Waals surface area contributed by atoms with Crippen LogP contribution in [0.25, 0.3) is 10.2 Å². The predicted molar refractivity (Wildman–Crippen MR) is 129 cm³/mol. The zero-order valence-electron chi connectivity index (χ0n) is 19.1. The van der Waals surface area contributed by atoms with Gasteiger partial charge in [-0.05, 0) is 69.1 Å². The van der Waals surface area contributed by atoms with Crippen molar-refractivity contribution >= 4 is 32.6 Å². The first-order valence-corrected chi connectivity index (χ1v) is 11.6. The lowest BCUT2D eigenvalue weighted by atomic mass is 9.97. The summed E-state index contributed by atoms with van der Waals surface area (Å²) in [6, 6.07) is 10.5. The summed E-state index contributed by atoms with van der Waals surface area (Å²) in [5, 5.41) is 0.805. The molecule has 0 aliphatic rings. The fourth-order valence-electron chi connectivity index (χ4n) is 4.03. The molecule has 30 heavy (non-hydrogen) atoms. The molecule has 0 N–H and O–H groups in total. The molecule has 0 bridgehead atoms. The second kappa shape index (κ2) is 9.71. The monoisotopic (exact) mass is 423 g/mol. The van der Waals surface area contributed by atoms with Crippen LogP contribution in [0.2, 0.25) is 0 Å². The maximum atomic E-state index is 13.5. The molecular weight excluding hydrogens is 390 g/mol. The number of likely N-dealkylation sites (N-methyl/N-ethyl adjacent to an activating group) is 1. The van der Waals surface area contributed by atoms with Gasteiger partial charge >= 0.3 is 0 Å². The van der Waals surface area contributed by atoms with Crippen LogP contribution >= 0.6 is 11.3 Å². The third kappa shape index (κ3) is 4.90. The third-order valence-electron chi connectivity index (χ3n) is 5.84. The molecule has 0 atom stereocenters. The highest BCUT2D eigenvalue weighted by atomic mass is 32.1. The summed E-state index contributed by atoms with van der Waals surface area (Å²) in [5.74, 6) is 0.119. The lowest BCUT2D eigenvalue weighted by molar-refractivity contribution is -0.118. The van der Waals surface area contributed by atoms with E-state index in [2.05, 4.69) is 76.8 Å². The van der Waals surface area contributed by atoms with E-state index in [9.17, 15) is 4.79 Å². The highest BCUT2D eigenvalue weighted by Crippen LogP contribution is 2.31. The fourth-order valence-corrected chi connectivity index (χ4v) is 5.12. The Hall–Kier alpha value is -2.24. The van der Waals surface area contributed by atoms with E-state index in [0.29, 0.717) is 13.0 Å². The highest BCUT2D eigenvalue weighted by Gasteiger charge is 2.22. The van der Waals surface area contributed by atoms with Crippen molar-refractivity contribution in [2.75, 3.05) is 31.1 Å². The van der Waals surface area contributed by atoms with Crippen molar-refractivity contribution in [3.05, 3.63) is 58.1 Å². The summed E-state index contributed by atoms with van der Waals surface area (Å²) in [4.78, 5) is 22.6. The first kappa shape index (κ1) is 22.4. The number of carbonyl (C=O) groups is 1. The molecule has 5 heteroatoms. The minimum absolute atomic E-state index is 0.119. The van der Waals surface area contributed by atoms with Crippen LogP contribution in [0.4, 0.5) is 5.13 Å². The van der Waals surface area contributed by atoms with Crippen molar-refractivity contribution in [2.45, 2.75) is 48.0 Å². The number of para-hydroxylation sites is 1. The number of aromatic nitrogens is 1. The van der Waals surface area contributed by atoms with Gasteiger partial charge < -0.3 is 4.90 Å². The Balaban J connectivity index is 1.94. The number of hydrogen-bond acceptors (Lipinski definition) is 4. The van der Waals surface area contributed by atoms with Crippen LogP contribution in [0, 0.1) is 27.7 Å². The molecule has 0 spiro atoms. The second-order valence-electron chi connectivity index (χ2n) is 8.04. The van der Waals surface area contributed by atoms with Crippen molar-refractivity contribution in [1.29, 1.82) is 0 Å². The van der Waals surface area contributed by atoms with Gasteiger partial charge in [-0.3, -0.25) is 9.69 Å². The van der Waals surface area contributed by atoms with Gasteiger partial charge in [0.15, 0.2) is 5.13 Å². The van der Waals surface area contributed by atoms with E-state index in [1.807, 2.05) is 4.90 Å². The molecule has 0 saturated heterocycles. The Labute approximate surface area is 184 Å². The normalized spacial score (nSPS) is 11.4. The first-order valence-electron chi connectivity index (χ1n) is 10.8. The molecule has 1 amide bonds. The molecule has 3 rings (SSSR count). The second-order valence-corrected chi connectivity index (χ2v) is 9.05. The highest BCUT2D eigenvalue weighted by molar-refractivity contribution is 7.22. The summed E-state index contributed by atoms with van der Waals surface area (Å²) < 4.78 is 1.13. The number of fused-ring (bicyclic) bond motifs is 1. The number of hydrogen-bond donors (Lipinski definition) is 0. The van der Waals surface area contributed by atoms with E-state index in [1.165, 1.54) is 16.7 Å². The zero-order chi connectivity index (χ0) is 21.8. The maximum Gasteiger partial charge on any atom is 0.233 e. The van der Waals surface area contributed by atoms with Gasteiger partial charge in [0.25, 0.3) is 0 Å². The topological polar surface area (TPSA) is 36.4 Å². The quantitative estimate of drug-likeness (QED) is 0.483. The van der Waals surface area contributed by atoms with Crippen LogP contribution in [-0.2, 0) is 11.2 Å². The Kier molecular flexibility index (Phi) is 7.27. The fraction of sp³-hybridized carbons (Fsp3) is 0.440. The molecular formula is C25H33N3OS. The average molecular weight is 424 g/mol. The molecule has 2 aromatic carbocycles. The summed E-state index contributed by atoms with van der Waals surface area (Å²) in [5.41, 5.74) is 6.89. The Bertz CT molecular complexity index is 1010. The number of carbonyl (C=O) groups excluding carboxylic acids is 1. The number of rotatable bonds is 8. The number of amides is 1. The summed E-state index contributed by atoms with van der Waals surface area (Å²) in [7, 11) is 0. The first-order chi connectivity index (χ1) is 14.3. The minimum Gasteiger partial charge on any atom is -0.302 e. The Morgan fingerprint density at radius 2 is 1.63 bits per heavy atom. The SMILES string of the molecule is CCN(CC)CCN(C(=O)Cc1c(C)cc(C)cc1C)c1nc2c(C)cccc2s1. The molecule has 0 unspecified atom stereocenters. The van der Waals surface area contributed by atoms with Crippen molar-refractivity contribution in [2.24, 2.45) is 0 Å². The number of anilines is 1. The van der Waals surface area contributed by atoms with Gasteiger partial charge in [-0.25, -0.2) is 4.98 Å². The van der Waals surface area contributed by atoms with Crippen LogP contribution in [0.5, 0.6) is 0 Å². The number of thiazole rings is 1. The Morgan fingerprint density at radius 1 is 0.967 bits per heavy atom. The van der Waals surface area contributed by atoms with Crippen LogP contribution in [0.3, 0.4) is 0 Å². The van der Waals surface area contributed by atoms with Gasteiger partial charge in [-0.15, -0.1) is 0 Å². The summed E-state index contributed by atoms with van der Waals surface area (Å²) in [6.45, 7) is 16.2. The van der Waals surface area contributed by atoms with E-state index in [0.717, 1.165) is 46.1 Å². The molecule has 1 aromatic heterocycles. The van der Waals surface area contributed by atoms with Crippen LogP contribution in [-0.4, -0.2) is 42.0 Å². The van der Waals surface area contributed by atoms with Crippen molar-refractivity contribution in [3.8, 4) is 0 Å². The van der Waals surface area contributed by atoms with Gasteiger partial charge in [0.1, 0.15) is 0 Å². The van der Waals surface area contributed by atoms with Gasteiger partial charge in [0.05, 0.1) is 16.6 Å². The van der Waals surface area contributed by atoms with Crippen LogP contribution in [0.15, 0.2) is 30.3 Å². The molecule has 4 nitrogen and oxygen atoms in total. The van der Waals surface area contributed by atoms with Gasteiger partial charge in [0.2, 0.25) is 5.91 Å². The zero-order valence-corrected chi connectivity index (χ0v) is 19.9. The van der Waals surface area contributed by atoms with Crippen molar-refractivity contribution in [1.82, 2.24) is 9.88 Å². The van der Waals surface area contributed by atoms with Crippen LogP contribution in [0.1, 0.15) is 41.7 Å². The van der Waals surface area contributed by atoms with Crippen molar-refractivity contribution < 1.29 is 4.79 Å². The Morgan fingerprint density at radius 3 is 2.23 bits per heavy atom. The van der Waals surface area contributed by atoms with Gasteiger partial charge in [-0.2, -0.15) is 0 Å². The van der Waals surface area contributed by atoms with E-state index >= 15 is 0 Å². The van der Waals surface area contributed by atoms with Gasteiger partial charge in [-0.1, -0.05) is 55.0 Å². The number of nitrogens with zero attached hydrogens (tertiary/aromatic N) is 3. The van der Waals surface area contributed by atoms with E-state index in [1.54, 1.807) is 11.3 Å². The molecule has 3 aromatic rings. The molecule has 0 radical (unpaired) electrons. The molecule has 160 valence electrons. The molecule has 1 heterocycles. The average Bonchev–Trinajstić information content (AvgIpc) is 3.13. The lowest BCUT2D eigenvalue weighted by Gasteiger charge is -2.25. The van der Waals surface area contributed by atoms with Crippen LogP contribution < -0.4 is 4.90 Å². The minimum atomic E-state index is 0.119. The molecule has 0 aliphatic carbocycles. The van der Waals surface area contributed by atoms with E-state index < -0.39 is 0 Å². The van der Waals surface area contributed by atoms with Gasteiger partial charge in [0, 0.05) is 13.1 Å². The number of aryl methyl sites for hydroxylation is 4. The largest absolute Gasteiger partial charge is 0.302 e. The van der Waals surface area contributed by atoms with E-state index in [4.69, 9.17) is 4.98 Å². The standard InChI is InChI=1S/C25H33N3OS/c1-7-27(8-2)12-13-28(25-26-24-18(4)10-9-11-22(24)30-25)23(29)16-21-19(5)14-17(3)15-20(21)6/h9-11,14-15H,7-8,12-13,16H2,1-6H3. The van der Waals surface area contributed by atoms with Crippen molar-refractivity contribution in [3.63, 3.8) is 0 Å². The summed E-state index contributed by atoms with van der Waals surface area (Å²) in [6.07, 6.45) is 0.408. The lowest BCUT2D eigenvalue weighted by Crippen LogP contribution is -2.39. The molecule has 0 fully saturated rings. The van der Waals surface area contributed by atoms with E-state index in [-0.39, 0.29) is 5.91 Å². The maximum absolute atomic E-state index is 13.5. The predicted octanol–water partition coefficient (Wildman–Crippen LogP) is 5.45. The third-order valence-corrected chi connectivity index (χ3v) is 6.89.